The number of nitrogens with zero attached hydrogens (tertiary/aromatic N) is 5. The molecule has 0 aliphatic carbocycles. The highest BCUT2D eigenvalue weighted by atomic mass is 16.1. The van der Waals surface area contributed by atoms with Crippen LogP contribution in [0.25, 0.3) is 28.2 Å². The van der Waals surface area contributed by atoms with Crippen molar-refractivity contribution in [1.29, 1.82) is 5.26 Å². The first-order valence-electron chi connectivity index (χ1n) is 9.79. The molecule has 0 amide bonds. The van der Waals surface area contributed by atoms with E-state index in [2.05, 4.69) is 16.0 Å². The van der Waals surface area contributed by atoms with Gasteiger partial charge in [-0.05, 0) is 61.4 Å². The van der Waals surface area contributed by atoms with Gasteiger partial charge in [0.1, 0.15) is 5.82 Å². The number of imidazole rings is 1. The van der Waals surface area contributed by atoms with E-state index in [-0.39, 0.29) is 5.69 Å². The van der Waals surface area contributed by atoms with Crippen LogP contribution in [-0.2, 0) is 12.5 Å². The SMILES string of the molecule is Cn1cc(-c2cc(-c3ccc(N)nc3)ccn2)n(-c2ccc(C(C)(C)C#N)cc2)c1=O. The minimum Gasteiger partial charge on any atom is -0.384 e. The van der Waals surface area contributed by atoms with Crippen molar-refractivity contribution in [3.05, 3.63) is 83.2 Å². The lowest BCUT2D eigenvalue weighted by molar-refractivity contribution is 0.686. The van der Waals surface area contributed by atoms with Gasteiger partial charge in [-0.25, -0.2) is 9.78 Å². The van der Waals surface area contributed by atoms with Crippen LogP contribution in [0.1, 0.15) is 19.4 Å². The van der Waals surface area contributed by atoms with Crippen LogP contribution in [-0.4, -0.2) is 19.1 Å². The minimum atomic E-state index is -0.605. The first-order valence-corrected chi connectivity index (χ1v) is 9.79. The van der Waals surface area contributed by atoms with Crippen LogP contribution in [0.15, 0.2) is 71.9 Å². The summed E-state index contributed by atoms with van der Waals surface area (Å²) in [4.78, 5) is 21.6. The Labute approximate surface area is 180 Å². The third-order valence-electron chi connectivity index (χ3n) is 5.32. The first kappa shape index (κ1) is 20.1. The number of nitrogens with two attached hydrogens (primary N) is 1. The minimum absolute atomic E-state index is 0.177. The Balaban J connectivity index is 1.81. The van der Waals surface area contributed by atoms with Crippen molar-refractivity contribution in [2.24, 2.45) is 7.05 Å². The molecule has 0 atom stereocenters. The number of benzene rings is 1. The van der Waals surface area contributed by atoms with Gasteiger partial charge in [0.2, 0.25) is 0 Å². The molecule has 0 aliphatic heterocycles. The Morgan fingerprint density at radius 1 is 1.03 bits per heavy atom. The van der Waals surface area contributed by atoms with Gasteiger partial charge >= 0.3 is 5.69 Å². The summed E-state index contributed by atoms with van der Waals surface area (Å²) in [6, 6.07) is 17.2. The largest absolute Gasteiger partial charge is 0.384 e. The maximum absolute atomic E-state index is 12.9. The van der Waals surface area contributed by atoms with Gasteiger partial charge in [-0.3, -0.25) is 9.55 Å². The van der Waals surface area contributed by atoms with Gasteiger partial charge in [0.05, 0.1) is 28.6 Å². The zero-order chi connectivity index (χ0) is 22.2. The van der Waals surface area contributed by atoms with E-state index in [0.717, 1.165) is 16.7 Å². The van der Waals surface area contributed by atoms with Crippen LogP contribution in [0.2, 0.25) is 0 Å². The van der Waals surface area contributed by atoms with Crippen LogP contribution >= 0.6 is 0 Å². The maximum atomic E-state index is 12.9. The third-order valence-corrected chi connectivity index (χ3v) is 5.32. The topological polar surface area (TPSA) is 103 Å². The predicted molar refractivity (Wildman–Crippen MR) is 121 cm³/mol. The van der Waals surface area contributed by atoms with Crippen LogP contribution < -0.4 is 11.4 Å². The molecule has 0 saturated heterocycles. The number of nitriles is 1. The van der Waals surface area contributed by atoms with Crippen LogP contribution in [0.3, 0.4) is 0 Å². The lowest BCUT2D eigenvalue weighted by atomic mass is 9.86. The van der Waals surface area contributed by atoms with E-state index in [4.69, 9.17) is 5.73 Å². The van der Waals surface area contributed by atoms with Gasteiger partial charge in [0.25, 0.3) is 0 Å². The fourth-order valence-electron chi connectivity index (χ4n) is 3.41. The van der Waals surface area contributed by atoms with E-state index in [1.165, 1.54) is 4.57 Å². The quantitative estimate of drug-likeness (QED) is 0.553. The summed E-state index contributed by atoms with van der Waals surface area (Å²) < 4.78 is 3.15. The number of pyridine rings is 2. The second-order valence-corrected chi connectivity index (χ2v) is 7.93. The molecule has 3 aromatic heterocycles. The molecular weight excluding hydrogens is 388 g/mol. The summed E-state index contributed by atoms with van der Waals surface area (Å²) in [6.07, 6.45) is 5.19. The Hall–Kier alpha value is -4.18. The molecule has 1 aromatic carbocycles. The van der Waals surface area contributed by atoms with Crippen molar-refractivity contribution >= 4 is 5.82 Å². The molecule has 0 bridgehead atoms. The lowest BCUT2D eigenvalue weighted by Crippen LogP contribution is -2.21. The second kappa shape index (κ2) is 7.58. The van der Waals surface area contributed by atoms with Crippen molar-refractivity contribution < 1.29 is 0 Å². The Morgan fingerprint density at radius 3 is 2.42 bits per heavy atom. The number of anilines is 1. The zero-order valence-corrected chi connectivity index (χ0v) is 17.6. The molecule has 0 fully saturated rings. The fourth-order valence-corrected chi connectivity index (χ4v) is 3.41. The molecule has 4 rings (SSSR count). The fraction of sp³-hybridized carbons (Fsp3) is 0.167. The summed E-state index contributed by atoms with van der Waals surface area (Å²) in [5.41, 5.74) is 9.67. The summed E-state index contributed by atoms with van der Waals surface area (Å²) in [6.45, 7) is 3.73. The van der Waals surface area contributed by atoms with Gasteiger partial charge in [-0.2, -0.15) is 5.26 Å². The van der Waals surface area contributed by atoms with Gasteiger partial charge in [-0.1, -0.05) is 12.1 Å². The number of hydrogen-bond acceptors (Lipinski definition) is 5. The molecule has 0 spiro atoms. The molecule has 0 unspecified atom stereocenters. The molecule has 2 N–H and O–H groups in total. The second-order valence-electron chi connectivity index (χ2n) is 7.93. The molecule has 4 aromatic rings. The van der Waals surface area contributed by atoms with E-state index in [1.807, 2.05) is 56.3 Å². The van der Waals surface area contributed by atoms with Gasteiger partial charge in [0.15, 0.2) is 0 Å². The number of nitrogen functional groups attached to an aromatic ring is 1. The van der Waals surface area contributed by atoms with Crippen LogP contribution in [0, 0.1) is 11.3 Å². The third kappa shape index (κ3) is 3.71. The Morgan fingerprint density at radius 2 is 1.77 bits per heavy atom. The standard InChI is InChI=1S/C24H22N6O/c1-24(2,15-25)18-5-7-19(8-6-18)30-21(14-29(3)23(30)31)20-12-16(10-11-27-20)17-4-9-22(26)28-13-17/h4-14H,1-3H3,(H2,26,28). The normalized spacial score (nSPS) is 11.3. The molecule has 31 heavy (non-hydrogen) atoms. The van der Waals surface area contributed by atoms with Crippen molar-refractivity contribution in [2.45, 2.75) is 19.3 Å². The highest BCUT2D eigenvalue weighted by Gasteiger charge is 2.20. The smallest absolute Gasteiger partial charge is 0.333 e. The summed E-state index contributed by atoms with van der Waals surface area (Å²) in [5, 5.41) is 9.38. The number of hydrogen-bond donors (Lipinski definition) is 1. The first-order chi connectivity index (χ1) is 14.8. The van der Waals surface area contributed by atoms with E-state index >= 15 is 0 Å². The highest BCUT2D eigenvalue weighted by molar-refractivity contribution is 5.69. The van der Waals surface area contributed by atoms with Crippen molar-refractivity contribution in [2.75, 3.05) is 5.73 Å². The highest BCUT2D eigenvalue weighted by Crippen LogP contribution is 2.27. The molecule has 0 radical (unpaired) electrons. The summed E-state index contributed by atoms with van der Waals surface area (Å²) in [7, 11) is 1.71. The van der Waals surface area contributed by atoms with Gasteiger partial charge in [0, 0.05) is 31.2 Å². The van der Waals surface area contributed by atoms with Crippen molar-refractivity contribution in [3.8, 4) is 34.3 Å². The number of aryl methyl sites for hydroxylation is 1. The molecule has 154 valence electrons. The van der Waals surface area contributed by atoms with Gasteiger partial charge in [-0.15, -0.1) is 0 Å². The average Bonchev–Trinajstić information content (AvgIpc) is 3.09. The lowest BCUT2D eigenvalue weighted by Gasteiger charge is -2.16. The monoisotopic (exact) mass is 410 g/mol. The molecule has 0 saturated carbocycles. The molecular formula is C24H22N6O. The van der Waals surface area contributed by atoms with E-state index in [0.29, 0.717) is 22.9 Å². The Kier molecular flexibility index (Phi) is 4.91. The van der Waals surface area contributed by atoms with Crippen LogP contribution in [0.4, 0.5) is 5.82 Å². The zero-order valence-electron chi connectivity index (χ0n) is 17.6. The van der Waals surface area contributed by atoms with E-state index in [9.17, 15) is 10.1 Å². The van der Waals surface area contributed by atoms with Gasteiger partial charge < -0.3 is 10.3 Å². The Bertz CT molecular complexity index is 1340. The van der Waals surface area contributed by atoms with Crippen molar-refractivity contribution in [1.82, 2.24) is 19.1 Å². The van der Waals surface area contributed by atoms with E-state index in [1.54, 1.807) is 36.3 Å². The average molecular weight is 410 g/mol. The summed E-state index contributed by atoms with van der Waals surface area (Å²) >= 11 is 0. The number of rotatable bonds is 4. The number of aromatic nitrogens is 4. The van der Waals surface area contributed by atoms with Crippen LogP contribution in [0.5, 0.6) is 0 Å². The molecule has 7 heteroatoms. The molecule has 0 aliphatic rings. The summed E-state index contributed by atoms with van der Waals surface area (Å²) in [5.74, 6) is 0.456. The molecule has 7 nitrogen and oxygen atoms in total. The maximum Gasteiger partial charge on any atom is 0.333 e. The van der Waals surface area contributed by atoms with Crippen molar-refractivity contribution in [3.63, 3.8) is 0 Å². The predicted octanol–water partition coefficient (Wildman–Crippen LogP) is 3.68. The molecule has 3 heterocycles. The van der Waals surface area contributed by atoms with E-state index < -0.39 is 5.41 Å².